The van der Waals surface area contributed by atoms with Crippen molar-refractivity contribution in [3.63, 3.8) is 0 Å². The van der Waals surface area contributed by atoms with Crippen molar-refractivity contribution in [3.05, 3.63) is 58.1 Å². The lowest BCUT2D eigenvalue weighted by Gasteiger charge is -2.06. The van der Waals surface area contributed by atoms with E-state index < -0.39 is 4.92 Å². The van der Waals surface area contributed by atoms with Gasteiger partial charge >= 0.3 is 5.69 Å². The summed E-state index contributed by atoms with van der Waals surface area (Å²) in [6, 6.07) is 12.8. The number of nitro benzene ring substituents is 1. The standard InChI is InChI=1S/C13H10N4O3/c18-17(19)11-7-6-10(13-12(11)15-16-20-13)14-8-9-4-2-1-3-5-9/h1-7,14H,8H2. The van der Waals surface area contributed by atoms with Crippen molar-refractivity contribution in [3.8, 4) is 0 Å². The molecule has 0 radical (unpaired) electrons. The summed E-state index contributed by atoms with van der Waals surface area (Å²) in [6.45, 7) is 0.578. The fourth-order valence-corrected chi connectivity index (χ4v) is 1.93. The van der Waals surface area contributed by atoms with Crippen LogP contribution in [0.1, 0.15) is 5.56 Å². The number of benzene rings is 2. The first-order chi connectivity index (χ1) is 9.75. The molecule has 1 N–H and O–H groups in total. The molecule has 0 unspecified atom stereocenters. The molecule has 0 aliphatic heterocycles. The van der Waals surface area contributed by atoms with Crippen LogP contribution in [0, 0.1) is 10.1 Å². The van der Waals surface area contributed by atoms with E-state index in [4.69, 9.17) is 4.52 Å². The van der Waals surface area contributed by atoms with Gasteiger partial charge in [-0.15, -0.1) is 5.10 Å². The molecule has 0 atom stereocenters. The number of hydrogen-bond donors (Lipinski definition) is 1. The number of nitrogens with one attached hydrogen (secondary N) is 1. The zero-order valence-corrected chi connectivity index (χ0v) is 10.3. The molecule has 0 bridgehead atoms. The predicted octanol–water partition coefficient (Wildman–Crippen LogP) is 2.74. The van der Waals surface area contributed by atoms with Crippen molar-refractivity contribution >= 4 is 22.5 Å². The Labute approximate surface area is 113 Å². The number of anilines is 1. The normalized spacial score (nSPS) is 10.6. The predicted molar refractivity (Wildman–Crippen MR) is 72.2 cm³/mol. The average Bonchev–Trinajstić information content (AvgIpc) is 2.95. The second-order valence-corrected chi connectivity index (χ2v) is 4.18. The van der Waals surface area contributed by atoms with E-state index in [1.54, 1.807) is 6.07 Å². The van der Waals surface area contributed by atoms with Crippen LogP contribution >= 0.6 is 0 Å². The molecule has 0 spiro atoms. The molecule has 0 saturated heterocycles. The van der Waals surface area contributed by atoms with Gasteiger partial charge in [0.15, 0.2) is 0 Å². The Kier molecular flexibility index (Phi) is 3.00. The maximum absolute atomic E-state index is 10.9. The van der Waals surface area contributed by atoms with Gasteiger partial charge in [0.1, 0.15) is 0 Å². The van der Waals surface area contributed by atoms with Gasteiger partial charge in [-0.2, -0.15) is 0 Å². The SMILES string of the molecule is O=[N+]([O-])c1ccc(NCc2ccccc2)c2onnc12. The number of hydrogen-bond acceptors (Lipinski definition) is 6. The van der Waals surface area contributed by atoms with Crippen LogP contribution in [0.15, 0.2) is 47.0 Å². The molecule has 0 aliphatic carbocycles. The molecular formula is C13H10N4O3. The second kappa shape index (κ2) is 4.96. The van der Waals surface area contributed by atoms with Crippen molar-refractivity contribution in [2.75, 3.05) is 5.32 Å². The highest BCUT2D eigenvalue weighted by Crippen LogP contribution is 2.29. The summed E-state index contributed by atoms with van der Waals surface area (Å²) < 4.78 is 5.00. The van der Waals surface area contributed by atoms with Crippen LogP contribution in [0.2, 0.25) is 0 Å². The summed E-state index contributed by atoms with van der Waals surface area (Å²) in [5.74, 6) is 0. The molecule has 0 saturated carbocycles. The molecular weight excluding hydrogens is 260 g/mol. The Balaban J connectivity index is 1.91. The van der Waals surface area contributed by atoms with E-state index in [1.807, 2.05) is 30.3 Å². The summed E-state index contributed by atoms with van der Waals surface area (Å²) in [7, 11) is 0. The molecule has 3 aromatic rings. The Morgan fingerprint density at radius 3 is 2.75 bits per heavy atom. The second-order valence-electron chi connectivity index (χ2n) is 4.18. The van der Waals surface area contributed by atoms with Gasteiger partial charge < -0.3 is 9.84 Å². The Morgan fingerprint density at radius 1 is 1.20 bits per heavy atom. The fraction of sp³-hybridized carbons (Fsp3) is 0.0769. The van der Waals surface area contributed by atoms with Gasteiger partial charge in [0.05, 0.1) is 10.6 Å². The third kappa shape index (κ3) is 2.16. The molecule has 100 valence electrons. The largest absolute Gasteiger partial charge is 0.378 e. The maximum Gasteiger partial charge on any atom is 0.301 e. The first-order valence-electron chi connectivity index (χ1n) is 5.93. The van der Waals surface area contributed by atoms with Gasteiger partial charge in [-0.25, -0.2) is 0 Å². The van der Waals surface area contributed by atoms with Gasteiger partial charge in [0.2, 0.25) is 11.1 Å². The van der Waals surface area contributed by atoms with Gasteiger partial charge in [0.25, 0.3) is 0 Å². The quantitative estimate of drug-likeness (QED) is 0.578. The number of aromatic nitrogens is 2. The Bertz CT molecular complexity index is 755. The third-order valence-corrected chi connectivity index (χ3v) is 2.91. The topological polar surface area (TPSA) is 94.1 Å². The molecule has 2 aromatic carbocycles. The van der Waals surface area contributed by atoms with E-state index >= 15 is 0 Å². The smallest absolute Gasteiger partial charge is 0.301 e. The van der Waals surface area contributed by atoms with E-state index in [9.17, 15) is 10.1 Å². The zero-order valence-electron chi connectivity index (χ0n) is 10.3. The first-order valence-corrected chi connectivity index (χ1v) is 5.93. The number of fused-ring (bicyclic) bond motifs is 1. The van der Waals surface area contributed by atoms with Crippen molar-refractivity contribution in [2.24, 2.45) is 0 Å². The fourth-order valence-electron chi connectivity index (χ4n) is 1.93. The Morgan fingerprint density at radius 2 is 2.00 bits per heavy atom. The maximum atomic E-state index is 10.9. The van der Waals surface area contributed by atoms with E-state index in [2.05, 4.69) is 15.7 Å². The minimum atomic E-state index is -0.506. The molecule has 0 amide bonds. The summed E-state index contributed by atoms with van der Waals surface area (Å²) in [5.41, 5.74) is 2.03. The number of nitro groups is 1. The van der Waals surface area contributed by atoms with Crippen LogP contribution in [-0.2, 0) is 6.54 Å². The minimum Gasteiger partial charge on any atom is -0.378 e. The highest BCUT2D eigenvalue weighted by Gasteiger charge is 2.19. The summed E-state index contributed by atoms with van der Waals surface area (Å²) in [4.78, 5) is 10.4. The van der Waals surface area contributed by atoms with Crippen LogP contribution in [0.25, 0.3) is 11.1 Å². The molecule has 3 rings (SSSR count). The average molecular weight is 270 g/mol. The monoisotopic (exact) mass is 270 g/mol. The number of non-ortho nitro benzene ring substituents is 1. The van der Waals surface area contributed by atoms with E-state index in [-0.39, 0.29) is 16.8 Å². The van der Waals surface area contributed by atoms with Gasteiger partial charge in [-0.05, 0) is 11.6 Å². The van der Waals surface area contributed by atoms with Crippen LogP contribution in [-0.4, -0.2) is 15.3 Å². The highest BCUT2D eigenvalue weighted by atomic mass is 16.6. The van der Waals surface area contributed by atoms with Crippen LogP contribution in [0.3, 0.4) is 0 Å². The van der Waals surface area contributed by atoms with Crippen LogP contribution in [0.5, 0.6) is 0 Å². The molecule has 1 aromatic heterocycles. The molecule has 7 nitrogen and oxygen atoms in total. The van der Waals surface area contributed by atoms with Crippen molar-refractivity contribution in [2.45, 2.75) is 6.54 Å². The summed E-state index contributed by atoms with van der Waals surface area (Å²) in [6.07, 6.45) is 0. The lowest BCUT2D eigenvalue weighted by molar-refractivity contribution is -0.383. The lowest BCUT2D eigenvalue weighted by Crippen LogP contribution is -2.00. The highest BCUT2D eigenvalue weighted by molar-refractivity contribution is 5.92. The van der Waals surface area contributed by atoms with Crippen LogP contribution in [0.4, 0.5) is 11.4 Å². The zero-order chi connectivity index (χ0) is 13.9. The minimum absolute atomic E-state index is 0.119. The number of rotatable bonds is 4. The lowest BCUT2D eigenvalue weighted by atomic mass is 10.2. The van der Waals surface area contributed by atoms with E-state index in [1.165, 1.54) is 6.07 Å². The summed E-state index contributed by atoms with van der Waals surface area (Å²) >= 11 is 0. The third-order valence-electron chi connectivity index (χ3n) is 2.91. The van der Waals surface area contributed by atoms with Gasteiger partial charge in [-0.3, -0.25) is 10.1 Å². The molecule has 20 heavy (non-hydrogen) atoms. The summed E-state index contributed by atoms with van der Waals surface area (Å²) in [5, 5.41) is 21.1. The van der Waals surface area contributed by atoms with Gasteiger partial charge in [0, 0.05) is 17.9 Å². The van der Waals surface area contributed by atoms with Crippen LogP contribution < -0.4 is 5.32 Å². The van der Waals surface area contributed by atoms with Crippen molar-refractivity contribution < 1.29 is 9.45 Å². The molecule has 0 aliphatic rings. The van der Waals surface area contributed by atoms with E-state index in [0.717, 1.165) is 5.56 Å². The molecule has 7 heteroatoms. The van der Waals surface area contributed by atoms with E-state index in [0.29, 0.717) is 12.2 Å². The molecule has 0 fully saturated rings. The van der Waals surface area contributed by atoms with Crippen molar-refractivity contribution in [1.82, 2.24) is 10.4 Å². The Hall–Kier alpha value is -2.96. The van der Waals surface area contributed by atoms with Crippen molar-refractivity contribution in [1.29, 1.82) is 0 Å². The molecule has 1 heterocycles. The number of nitrogens with zero attached hydrogens (tertiary/aromatic N) is 3. The van der Waals surface area contributed by atoms with Gasteiger partial charge in [-0.1, -0.05) is 30.3 Å². The first kappa shape index (κ1) is 12.1.